The van der Waals surface area contributed by atoms with Gasteiger partial charge < -0.3 is 4.57 Å². The summed E-state index contributed by atoms with van der Waals surface area (Å²) in [5.74, 6) is 1.22. The summed E-state index contributed by atoms with van der Waals surface area (Å²) < 4.78 is 2.45. The first kappa shape index (κ1) is 11.5. The molecule has 2 heteroatoms. The molecule has 1 aliphatic heterocycles. The Kier molecular flexibility index (Phi) is 2.94. The highest BCUT2D eigenvalue weighted by atomic mass is 15.1. The van der Waals surface area contributed by atoms with Crippen LogP contribution >= 0.6 is 0 Å². The SMILES string of the molecule is Cc1cccc(Cc2ncc3n2C(C)CCC3)c1. The summed E-state index contributed by atoms with van der Waals surface area (Å²) in [5.41, 5.74) is 4.10. The molecule has 0 amide bonds. The molecule has 0 aliphatic carbocycles. The zero-order valence-electron chi connectivity index (χ0n) is 11.2. The van der Waals surface area contributed by atoms with Crippen molar-refractivity contribution in [3.63, 3.8) is 0 Å². The van der Waals surface area contributed by atoms with E-state index in [-0.39, 0.29) is 0 Å². The number of aromatic nitrogens is 2. The molecule has 18 heavy (non-hydrogen) atoms. The van der Waals surface area contributed by atoms with Crippen LogP contribution in [0.5, 0.6) is 0 Å². The molecule has 0 saturated carbocycles. The smallest absolute Gasteiger partial charge is 0.113 e. The monoisotopic (exact) mass is 240 g/mol. The molecule has 3 rings (SSSR count). The van der Waals surface area contributed by atoms with Crippen molar-refractivity contribution in [2.75, 3.05) is 0 Å². The maximum absolute atomic E-state index is 4.64. The maximum atomic E-state index is 4.64. The van der Waals surface area contributed by atoms with E-state index in [9.17, 15) is 0 Å². The van der Waals surface area contributed by atoms with E-state index < -0.39 is 0 Å². The summed E-state index contributed by atoms with van der Waals surface area (Å²) in [4.78, 5) is 4.64. The quantitative estimate of drug-likeness (QED) is 0.783. The summed E-state index contributed by atoms with van der Waals surface area (Å²) in [6.45, 7) is 4.46. The standard InChI is InChI=1S/C16H20N2/c1-12-5-3-7-14(9-12)10-16-17-11-15-8-4-6-13(2)18(15)16/h3,5,7,9,11,13H,4,6,8,10H2,1-2H3. The number of rotatable bonds is 2. The topological polar surface area (TPSA) is 17.8 Å². The van der Waals surface area contributed by atoms with Crippen molar-refractivity contribution in [3.8, 4) is 0 Å². The van der Waals surface area contributed by atoms with Gasteiger partial charge in [-0.2, -0.15) is 0 Å². The molecule has 0 radical (unpaired) electrons. The van der Waals surface area contributed by atoms with Gasteiger partial charge in [0.1, 0.15) is 5.82 Å². The molecule has 2 aromatic rings. The number of nitrogens with zero attached hydrogens (tertiary/aromatic N) is 2. The van der Waals surface area contributed by atoms with Gasteiger partial charge in [0.25, 0.3) is 0 Å². The zero-order valence-corrected chi connectivity index (χ0v) is 11.2. The third-order valence-corrected chi connectivity index (χ3v) is 3.89. The van der Waals surface area contributed by atoms with E-state index in [1.807, 2.05) is 0 Å². The third-order valence-electron chi connectivity index (χ3n) is 3.89. The molecular formula is C16H20N2. The van der Waals surface area contributed by atoms with Gasteiger partial charge in [0.2, 0.25) is 0 Å². The van der Waals surface area contributed by atoms with Crippen LogP contribution in [0.3, 0.4) is 0 Å². The van der Waals surface area contributed by atoms with Crippen molar-refractivity contribution in [1.29, 1.82) is 0 Å². The lowest BCUT2D eigenvalue weighted by Crippen LogP contribution is -2.17. The van der Waals surface area contributed by atoms with Crippen LogP contribution in [0.1, 0.15) is 48.5 Å². The minimum atomic E-state index is 0.607. The van der Waals surface area contributed by atoms with Crippen LogP contribution in [-0.4, -0.2) is 9.55 Å². The summed E-state index contributed by atoms with van der Waals surface area (Å²) in [6.07, 6.45) is 6.79. The number of benzene rings is 1. The van der Waals surface area contributed by atoms with E-state index in [1.165, 1.54) is 41.9 Å². The fourth-order valence-electron chi connectivity index (χ4n) is 3.00. The fraction of sp³-hybridized carbons (Fsp3) is 0.438. The van der Waals surface area contributed by atoms with Gasteiger partial charge in [-0.05, 0) is 38.7 Å². The Morgan fingerprint density at radius 2 is 2.28 bits per heavy atom. The van der Waals surface area contributed by atoms with Gasteiger partial charge in [-0.25, -0.2) is 4.98 Å². The third kappa shape index (κ3) is 2.07. The molecule has 1 atom stereocenters. The van der Waals surface area contributed by atoms with E-state index in [4.69, 9.17) is 0 Å². The lowest BCUT2D eigenvalue weighted by Gasteiger charge is -2.24. The minimum absolute atomic E-state index is 0.607. The van der Waals surface area contributed by atoms with Crippen LogP contribution in [0.4, 0.5) is 0 Å². The second-order valence-corrected chi connectivity index (χ2v) is 5.44. The van der Waals surface area contributed by atoms with Gasteiger partial charge in [-0.15, -0.1) is 0 Å². The Labute approximate surface area is 109 Å². The first-order valence-corrected chi connectivity index (χ1v) is 6.84. The Morgan fingerprint density at radius 1 is 1.39 bits per heavy atom. The van der Waals surface area contributed by atoms with Gasteiger partial charge in [0.15, 0.2) is 0 Å². The summed E-state index contributed by atoms with van der Waals surface area (Å²) >= 11 is 0. The molecule has 94 valence electrons. The number of fused-ring (bicyclic) bond motifs is 1. The average Bonchev–Trinajstić information content (AvgIpc) is 2.74. The van der Waals surface area contributed by atoms with Crippen molar-refractivity contribution in [2.45, 2.75) is 45.6 Å². The van der Waals surface area contributed by atoms with E-state index in [0.717, 1.165) is 6.42 Å². The number of imidazole rings is 1. The van der Waals surface area contributed by atoms with Crippen LogP contribution in [0, 0.1) is 6.92 Å². The van der Waals surface area contributed by atoms with E-state index in [0.29, 0.717) is 6.04 Å². The van der Waals surface area contributed by atoms with Crippen LogP contribution in [0.15, 0.2) is 30.5 Å². The zero-order chi connectivity index (χ0) is 12.5. The summed E-state index contributed by atoms with van der Waals surface area (Å²) in [7, 11) is 0. The molecule has 0 fully saturated rings. The normalized spacial score (nSPS) is 18.7. The van der Waals surface area contributed by atoms with Crippen molar-refractivity contribution in [2.24, 2.45) is 0 Å². The lowest BCUT2D eigenvalue weighted by molar-refractivity contribution is 0.421. The predicted octanol–water partition coefficient (Wildman–Crippen LogP) is 3.68. The number of hydrogen-bond acceptors (Lipinski definition) is 1. The molecule has 0 bridgehead atoms. The number of hydrogen-bond donors (Lipinski definition) is 0. The van der Waals surface area contributed by atoms with Crippen molar-refractivity contribution in [1.82, 2.24) is 9.55 Å². The van der Waals surface area contributed by atoms with Crippen molar-refractivity contribution < 1.29 is 0 Å². The van der Waals surface area contributed by atoms with Crippen LogP contribution < -0.4 is 0 Å². The summed E-state index contributed by atoms with van der Waals surface area (Å²) in [5, 5.41) is 0. The Morgan fingerprint density at radius 3 is 3.11 bits per heavy atom. The Balaban J connectivity index is 1.92. The van der Waals surface area contributed by atoms with Crippen molar-refractivity contribution >= 4 is 0 Å². The fourth-order valence-corrected chi connectivity index (χ4v) is 3.00. The second kappa shape index (κ2) is 4.60. The highest BCUT2D eigenvalue weighted by Gasteiger charge is 2.19. The minimum Gasteiger partial charge on any atom is -0.329 e. The summed E-state index contributed by atoms with van der Waals surface area (Å²) in [6, 6.07) is 9.34. The van der Waals surface area contributed by atoms with Crippen LogP contribution in [0.2, 0.25) is 0 Å². The predicted molar refractivity (Wildman–Crippen MR) is 73.9 cm³/mol. The van der Waals surface area contributed by atoms with Gasteiger partial charge in [-0.3, -0.25) is 0 Å². The van der Waals surface area contributed by atoms with Gasteiger partial charge in [0, 0.05) is 24.4 Å². The first-order chi connectivity index (χ1) is 8.74. The second-order valence-electron chi connectivity index (χ2n) is 5.44. The molecular weight excluding hydrogens is 220 g/mol. The maximum Gasteiger partial charge on any atom is 0.113 e. The van der Waals surface area contributed by atoms with E-state index in [2.05, 4.69) is 53.9 Å². The molecule has 0 N–H and O–H groups in total. The molecule has 2 heterocycles. The van der Waals surface area contributed by atoms with E-state index >= 15 is 0 Å². The molecule has 1 aromatic heterocycles. The lowest BCUT2D eigenvalue weighted by atomic mass is 10.0. The van der Waals surface area contributed by atoms with Gasteiger partial charge in [0.05, 0.1) is 0 Å². The Hall–Kier alpha value is -1.57. The first-order valence-electron chi connectivity index (χ1n) is 6.84. The molecule has 0 spiro atoms. The van der Waals surface area contributed by atoms with Crippen LogP contribution in [-0.2, 0) is 12.8 Å². The molecule has 1 unspecified atom stereocenters. The van der Waals surface area contributed by atoms with E-state index in [1.54, 1.807) is 0 Å². The van der Waals surface area contributed by atoms with Crippen LogP contribution in [0.25, 0.3) is 0 Å². The van der Waals surface area contributed by atoms with Gasteiger partial charge >= 0.3 is 0 Å². The molecule has 2 nitrogen and oxygen atoms in total. The average molecular weight is 240 g/mol. The van der Waals surface area contributed by atoms with Crippen molar-refractivity contribution in [3.05, 3.63) is 53.1 Å². The largest absolute Gasteiger partial charge is 0.329 e. The number of aryl methyl sites for hydroxylation is 2. The van der Waals surface area contributed by atoms with Gasteiger partial charge in [-0.1, -0.05) is 29.8 Å². The molecule has 1 aliphatic rings. The molecule has 1 aromatic carbocycles. The highest BCUT2D eigenvalue weighted by Crippen LogP contribution is 2.27. The molecule has 0 saturated heterocycles. The highest BCUT2D eigenvalue weighted by molar-refractivity contribution is 5.26. The Bertz CT molecular complexity index is 554.